The molecule has 1 aromatic rings. The van der Waals surface area contributed by atoms with E-state index in [9.17, 15) is 4.79 Å². The third-order valence-corrected chi connectivity index (χ3v) is 3.76. The largest absolute Gasteiger partial charge is 0.481 e. The maximum absolute atomic E-state index is 12.3. The highest BCUT2D eigenvalue weighted by Gasteiger charge is 2.27. The lowest BCUT2D eigenvalue weighted by Crippen LogP contribution is -2.36. The van der Waals surface area contributed by atoms with E-state index < -0.39 is 0 Å². The van der Waals surface area contributed by atoms with Crippen LogP contribution in [0.4, 0.5) is 0 Å². The summed E-state index contributed by atoms with van der Waals surface area (Å²) >= 11 is 0. The molecule has 0 aliphatic carbocycles. The van der Waals surface area contributed by atoms with Crippen molar-refractivity contribution in [2.75, 3.05) is 13.2 Å². The van der Waals surface area contributed by atoms with Crippen LogP contribution in [0.1, 0.15) is 31.4 Å². The van der Waals surface area contributed by atoms with Crippen molar-refractivity contribution < 1.29 is 9.53 Å². The number of nitrogens with zero attached hydrogens (tertiary/aromatic N) is 1. The summed E-state index contributed by atoms with van der Waals surface area (Å²) in [5.74, 6) is 3.47. The third-order valence-electron chi connectivity index (χ3n) is 3.76. The monoisotopic (exact) mass is 283 g/mol. The number of rotatable bonds is 4. The van der Waals surface area contributed by atoms with Crippen molar-refractivity contribution in [3.05, 3.63) is 35.4 Å². The molecular weight excluding hydrogens is 262 g/mol. The molecule has 0 N–H and O–H groups in total. The minimum absolute atomic E-state index is 0.0623. The molecule has 21 heavy (non-hydrogen) atoms. The summed E-state index contributed by atoms with van der Waals surface area (Å²) in [5, 5.41) is 0. The molecule has 3 nitrogen and oxygen atoms in total. The molecule has 1 atom stereocenters. The van der Waals surface area contributed by atoms with Crippen molar-refractivity contribution in [2.24, 2.45) is 5.92 Å². The molecule has 1 heterocycles. The Balaban J connectivity index is 2.33. The number of amides is 1. The molecule has 0 fully saturated rings. The van der Waals surface area contributed by atoms with Gasteiger partial charge in [0.25, 0.3) is 0 Å². The average molecular weight is 283 g/mol. The number of terminal acetylenes is 1. The Bertz CT molecular complexity index is 610. The van der Waals surface area contributed by atoms with Gasteiger partial charge in [-0.05, 0) is 44.0 Å². The van der Waals surface area contributed by atoms with Crippen LogP contribution < -0.4 is 4.74 Å². The maximum atomic E-state index is 12.3. The van der Waals surface area contributed by atoms with Crippen molar-refractivity contribution in [3.8, 4) is 18.1 Å². The van der Waals surface area contributed by atoms with Crippen LogP contribution in [-0.4, -0.2) is 24.0 Å². The molecule has 0 aromatic heterocycles. The molecular formula is C18H21NO2. The van der Waals surface area contributed by atoms with E-state index in [4.69, 9.17) is 11.2 Å². The standard InChI is InChI=1S/C18H21NO2/c1-5-11-21-15-8-9-16(14(4)12-15)17-10-7-13(3)18(20)19(17)6-2/h1,8-10,12-13H,6-7,11H2,2-4H3. The molecule has 2 rings (SSSR count). The van der Waals surface area contributed by atoms with Gasteiger partial charge >= 0.3 is 0 Å². The van der Waals surface area contributed by atoms with E-state index >= 15 is 0 Å². The lowest BCUT2D eigenvalue weighted by atomic mass is 9.95. The van der Waals surface area contributed by atoms with Crippen molar-refractivity contribution in [1.82, 2.24) is 4.90 Å². The predicted molar refractivity (Wildman–Crippen MR) is 84.7 cm³/mol. The first kappa shape index (κ1) is 15.2. The number of hydrogen-bond acceptors (Lipinski definition) is 2. The molecule has 1 unspecified atom stereocenters. The molecule has 110 valence electrons. The minimum Gasteiger partial charge on any atom is -0.481 e. The lowest BCUT2D eigenvalue weighted by Gasteiger charge is -2.31. The van der Waals surface area contributed by atoms with Gasteiger partial charge in [0, 0.05) is 23.7 Å². The second-order valence-corrected chi connectivity index (χ2v) is 5.28. The predicted octanol–water partition coefficient (Wildman–Crippen LogP) is 3.24. The number of hydrogen-bond donors (Lipinski definition) is 0. The number of benzene rings is 1. The van der Waals surface area contributed by atoms with Gasteiger partial charge in [-0.2, -0.15) is 0 Å². The first-order valence-corrected chi connectivity index (χ1v) is 7.27. The van der Waals surface area contributed by atoms with Gasteiger partial charge in [-0.1, -0.05) is 18.9 Å². The molecule has 1 aliphatic heterocycles. The Hall–Kier alpha value is -2.21. The van der Waals surface area contributed by atoms with Crippen LogP contribution in [-0.2, 0) is 4.79 Å². The van der Waals surface area contributed by atoms with Crippen LogP contribution in [0.2, 0.25) is 0 Å². The van der Waals surface area contributed by atoms with Crippen LogP contribution in [0.5, 0.6) is 5.75 Å². The van der Waals surface area contributed by atoms with Gasteiger partial charge in [-0.3, -0.25) is 4.79 Å². The van der Waals surface area contributed by atoms with Crippen LogP contribution in [0.25, 0.3) is 5.70 Å². The molecule has 0 saturated carbocycles. The minimum atomic E-state index is 0.0623. The van der Waals surface area contributed by atoms with Crippen LogP contribution in [0.15, 0.2) is 24.3 Å². The fraction of sp³-hybridized carbons (Fsp3) is 0.389. The molecule has 0 spiro atoms. The number of carbonyl (C=O) groups excluding carboxylic acids is 1. The van der Waals surface area contributed by atoms with E-state index in [2.05, 4.69) is 12.0 Å². The number of ether oxygens (including phenoxy) is 1. The van der Waals surface area contributed by atoms with E-state index in [1.54, 1.807) is 0 Å². The molecule has 1 aliphatic rings. The van der Waals surface area contributed by atoms with E-state index in [-0.39, 0.29) is 18.4 Å². The van der Waals surface area contributed by atoms with Crippen molar-refractivity contribution in [3.63, 3.8) is 0 Å². The van der Waals surface area contributed by atoms with E-state index in [0.29, 0.717) is 6.54 Å². The van der Waals surface area contributed by atoms with Crippen molar-refractivity contribution in [1.29, 1.82) is 0 Å². The van der Waals surface area contributed by atoms with Gasteiger partial charge in [0.05, 0.1) is 0 Å². The highest BCUT2D eigenvalue weighted by atomic mass is 16.5. The van der Waals surface area contributed by atoms with Crippen LogP contribution >= 0.6 is 0 Å². The zero-order valence-corrected chi connectivity index (χ0v) is 12.8. The Kier molecular flexibility index (Phi) is 4.70. The highest BCUT2D eigenvalue weighted by molar-refractivity contribution is 5.91. The molecule has 1 aromatic carbocycles. The summed E-state index contributed by atoms with van der Waals surface area (Å²) in [6.45, 7) is 6.95. The average Bonchev–Trinajstić information content (AvgIpc) is 2.48. The van der Waals surface area contributed by atoms with Gasteiger partial charge in [0.2, 0.25) is 5.91 Å². The lowest BCUT2D eigenvalue weighted by molar-refractivity contribution is -0.131. The Labute approximate surface area is 126 Å². The number of aryl methyl sites for hydroxylation is 1. The Morgan fingerprint density at radius 3 is 2.86 bits per heavy atom. The summed E-state index contributed by atoms with van der Waals surface area (Å²) in [5.41, 5.74) is 3.16. The summed E-state index contributed by atoms with van der Waals surface area (Å²) in [7, 11) is 0. The SMILES string of the molecule is C#CCOc1ccc(C2=CCC(C)C(=O)N2CC)c(C)c1. The maximum Gasteiger partial charge on any atom is 0.230 e. The zero-order chi connectivity index (χ0) is 15.4. The summed E-state index contributed by atoms with van der Waals surface area (Å²) in [6.07, 6.45) is 8.14. The van der Waals surface area contributed by atoms with Crippen LogP contribution in [0.3, 0.4) is 0 Å². The van der Waals surface area contributed by atoms with Gasteiger partial charge < -0.3 is 9.64 Å². The topological polar surface area (TPSA) is 29.5 Å². The van der Waals surface area contributed by atoms with Crippen molar-refractivity contribution >= 4 is 11.6 Å². The van der Waals surface area contributed by atoms with Gasteiger partial charge in [0.15, 0.2) is 0 Å². The summed E-state index contributed by atoms with van der Waals surface area (Å²) in [6, 6.07) is 5.86. The summed E-state index contributed by atoms with van der Waals surface area (Å²) < 4.78 is 5.43. The zero-order valence-electron chi connectivity index (χ0n) is 12.8. The molecule has 1 amide bonds. The van der Waals surface area contributed by atoms with E-state index in [1.165, 1.54) is 0 Å². The molecule has 0 radical (unpaired) electrons. The smallest absolute Gasteiger partial charge is 0.230 e. The van der Waals surface area contributed by atoms with Gasteiger partial charge in [-0.15, -0.1) is 6.42 Å². The second kappa shape index (κ2) is 6.49. The summed E-state index contributed by atoms with van der Waals surface area (Å²) in [4.78, 5) is 14.2. The van der Waals surface area contributed by atoms with E-state index in [0.717, 1.165) is 29.0 Å². The highest BCUT2D eigenvalue weighted by Crippen LogP contribution is 2.31. The normalized spacial score (nSPS) is 18.2. The third kappa shape index (κ3) is 3.11. The van der Waals surface area contributed by atoms with Gasteiger partial charge in [0.1, 0.15) is 12.4 Å². The molecule has 0 bridgehead atoms. The fourth-order valence-corrected chi connectivity index (χ4v) is 2.60. The fourth-order valence-electron chi connectivity index (χ4n) is 2.60. The van der Waals surface area contributed by atoms with Gasteiger partial charge in [-0.25, -0.2) is 0 Å². The number of carbonyl (C=O) groups is 1. The Morgan fingerprint density at radius 2 is 2.24 bits per heavy atom. The van der Waals surface area contributed by atoms with E-state index in [1.807, 2.05) is 43.9 Å². The second-order valence-electron chi connectivity index (χ2n) is 5.28. The molecule has 3 heteroatoms. The quantitative estimate of drug-likeness (QED) is 0.794. The first-order valence-electron chi connectivity index (χ1n) is 7.27. The van der Waals surface area contributed by atoms with Crippen molar-refractivity contribution in [2.45, 2.75) is 27.2 Å². The number of allylic oxidation sites excluding steroid dienone is 1. The van der Waals surface area contributed by atoms with Crippen LogP contribution in [0, 0.1) is 25.2 Å². The molecule has 0 saturated heterocycles. The Morgan fingerprint density at radius 1 is 1.48 bits per heavy atom. The first-order chi connectivity index (χ1) is 10.1.